The van der Waals surface area contributed by atoms with Crippen molar-refractivity contribution in [2.75, 3.05) is 7.11 Å². The van der Waals surface area contributed by atoms with Crippen LogP contribution in [0.25, 0.3) is 0 Å². The number of hydrogen-bond acceptors (Lipinski definition) is 1. The second-order valence-corrected chi connectivity index (χ2v) is 1.52. The van der Waals surface area contributed by atoms with Crippen molar-refractivity contribution < 1.29 is 4.74 Å². The van der Waals surface area contributed by atoms with Crippen LogP contribution in [0.3, 0.4) is 0 Å². The largest absolute Gasteiger partial charge is 0.497 e. The summed E-state index contributed by atoms with van der Waals surface area (Å²) in [7, 11) is 1.66. The van der Waals surface area contributed by atoms with Crippen molar-refractivity contribution in [1.29, 1.82) is 0 Å². The highest BCUT2D eigenvalue weighted by molar-refractivity contribution is 5.20. The second kappa shape index (κ2) is 3.96. The molecule has 0 saturated carbocycles. The molecule has 0 atom stereocenters. The van der Waals surface area contributed by atoms with Crippen molar-refractivity contribution in [1.82, 2.24) is 0 Å². The van der Waals surface area contributed by atoms with Crippen molar-refractivity contribution in [2.45, 2.75) is 7.43 Å². The molecule has 0 unspecified atom stereocenters. The molecule has 0 aliphatic heterocycles. The van der Waals surface area contributed by atoms with Gasteiger partial charge in [-0.3, -0.25) is 0 Å². The number of para-hydroxylation sites is 1. The van der Waals surface area contributed by atoms with Crippen molar-refractivity contribution in [2.24, 2.45) is 0 Å². The monoisotopic (exact) mass is 124 g/mol. The van der Waals surface area contributed by atoms with E-state index in [2.05, 4.69) is 0 Å². The van der Waals surface area contributed by atoms with Gasteiger partial charge < -0.3 is 4.74 Å². The molecule has 0 aliphatic rings. The summed E-state index contributed by atoms with van der Waals surface area (Å²) in [6, 6.07) is 9.68. The summed E-state index contributed by atoms with van der Waals surface area (Å²) in [5, 5.41) is 0. The zero-order chi connectivity index (χ0) is 5.82. The van der Waals surface area contributed by atoms with Gasteiger partial charge in [-0.1, -0.05) is 25.6 Å². The van der Waals surface area contributed by atoms with Gasteiger partial charge in [0.2, 0.25) is 0 Å². The normalized spacial score (nSPS) is 7.67. The number of methoxy groups -OCH3 is 1. The maximum Gasteiger partial charge on any atom is 0.118 e. The van der Waals surface area contributed by atoms with Crippen molar-refractivity contribution in [3.05, 3.63) is 30.3 Å². The highest BCUT2D eigenvalue weighted by Gasteiger charge is 1.80. The van der Waals surface area contributed by atoms with Crippen LogP contribution in [0, 0.1) is 0 Å². The summed E-state index contributed by atoms with van der Waals surface area (Å²) in [5.41, 5.74) is 0. The van der Waals surface area contributed by atoms with Crippen LogP contribution in [0.15, 0.2) is 30.3 Å². The fourth-order valence-corrected chi connectivity index (χ4v) is 0.557. The van der Waals surface area contributed by atoms with Gasteiger partial charge in [-0.2, -0.15) is 0 Å². The molecule has 0 bridgehead atoms. The van der Waals surface area contributed by atoms with E-state index >= 15 is 0 Å². The SMILES string of the molecule is C.COc1ccccc1. The molecule has 0 amide bonds. The van der Waals surface area contributed by atoms with E-state index in [0.717, 1.165) is 5.75 Å². The molecule has 0 heterocycles. The first-order chi connectivity index (χ1) is 3.93. The first-order valence-corrected chi connectivity index (χ1v) is 2.52. The highest BCUT2D eigenvalue weighted by atomic mass is 16.5. The molecule has 0 saturated heterocycles. The molecular formula is C8H12O. The van der Waals surface area contributed by atoms with Gasteiger partial charge >= 0.3 is 0 Å². The molecule has 1 aromatic carbocycles. The molecule has 0 radical (unpaired) electrons. The fourth-order valence-electron chi connectivity index (χ4n) is 0.557. The van der Waals surface area contributed by atoms with Crippen LogP contribution in [0.4, 0.5) is 0 Å². The molecule has 0 aliphatic carbocycles. The van der Waals surface area contributed by atoms with Gasteiger partial charge in [-0.15, -0.1) is 0 Å². The minimum atomic E-state index is 0. The van der Waals surface area contributed by atoms with Crippen LogP contribution in [0.2, 0.25) is 0 Å². The average molecular weight is 124 g/mol. The molecule has 1 nitrogen and oxygen atoms in total. The van der Waals surface area contributed by atoms with Crippen LogP contribution >= 0.6 is 0 Å². The lowest BCUT2D eigenvalue weighted by atomic mass is 10.3. The Kier molecular flexibility index (Phi) is 3.52. The van der Waals surface area contributed by atoms with Crippen LogP contribution < -0.4 is 4.74 Å². The number of rotatable bonds is 1. The van der Waals surface area contributed by atoms with Crippen molar-refractivity contribution in [3.8, 4) is 5.75 Å². The van der Waals surface area contributed by atoms with Gasteiger partial charge in [0.25, 0.3) is 0 Å². The molecule has 0 N–H and O–H groups in total. The van der Waals surface area contributed by atoms with E-state index in [-0.39, 0.29) is 7.43 Å². The summed E-state index contributed by atoms with van der Waals surface area (Å²) in [4.78, 5) is 0. The van der Waals surface area contributed by atoms with E-state index in [4.69, 9.17) is 4.74 Å². The number of hydrogen-bond donors (Lipinski definition) is 0. The lowest BCUT2D eigenvalue weighted by Gasteiger charge is -1.93. The van der Waals surface area contributed by atoms with Gasteiger partial charge in [-0.05, 0) is 12.1 Å². The Bertz CT molecular complexity index is 146. The first-order valence-electron chi connectivity index (χ1n) is 2.52. The lowest BCUT2D eigenvalue weighted by molar-refractivity contribution is 0.415. The molecular weight excluding hydrogens is 112 g/mol. The summed E-state index contributed by atoms with van der Waals surface area (Å²) in [6.07, 6.45) is 0. The standard InChI is InChI=1S/C7H8O.CH4/c1-8-7-5-3-2-4-6-7;/h2-6H,1H3;1H4. The maximum atomic E-state index is 4.91. The molecule has 1 rings (SSSR count). The summed E-state index contributed by atoms with van der Waals surface area (Å²) in [6.45, 7) is 0. The topological polar surface area (TPSA) is 9.23 Å². The van der Waals surface area contributed by atoms with Gasteiger partial charge in [0.05, 0.1) is 7.11 Å². The lowest BCUT2D eigenvalue weighted by Crippen LogP contribution is -1.78. The van der Waals surface area contributed by atoms with E-state index in [9.17, 15) is 0 Å². The van der Waals surface area contributed by atoms with Crippen LogP contribution in [-0.2, 0) is 0 Å². The van der Waals surface area contributed by atoms with Crippen LogP contribution in [0.5, 0.6) is 5.75 Å². The fraction of sp³-hybridized carbons (Fsp3) is 0.250. The van der Waals surface area contributed by atoms with Crippen LogP contribution in [0.1, 0.15) is 7.43 Å². The molecule has 50 valence electrons. The van der Waals surface area contributed by atoms with Crippen molar-refractivity contribution in [3.63, 3.8) is 0 Å². The van der Waals surface area contributed by atoms with Gasteiger partial charge in [0.15, 0.2) is 0 Å². The van der Waals surface area contributed by atoms with E-state index < -0.39 is 0 Å². The Morgan fingerprint density at radius 2 is 1.67 bits per heavy atom. The molecule has 0 fully saturated rings. The Labute approximate surface area is 56.3 Å². The van der Waals surface area contributed by atoms with Crippen molar-refractivity contribution >= 4 is 0 Å². The van der Waals surface area contributed by atoms with Gasteiger partial charge in [0.1, 0.15) is 5.75 Å². The third kappa shape index (κ3) is 2.17. The number of ether oxygens (including phenoxy) is 1. The molecule has 1 heteroatoms. The average Bonchev–Trinajstić information content (AvgIpc) is 1.90. The van der Waals surface area contributed by atoms with Gasteiger partial charge in [-0.25, -0.2) is 0 Å². The number of benzene rings is 1. The summed E-state index contributed by atoms with van der Waals surface area (Å²) < 4.78 is 4.91. The predicted octanol–water partition coefficient (Wildman–Crippen LogP) is 2.33. The van der Waals surface area contributed by atoms with E-state index in [1.165, 1.54) is 0 Å². The third-order valence-corrected chi connectivity index (χ3v) is 0.979. The Morgan fingerprint density at radius 1 is 1.11 bits per heavy atom. The second-order valence-electron chi connectivity index (χ2n) is 1.52. The van der Waals surface area contributed by atoms with E-state index in [1.54, 1.807) is 7.11 Å². The van der Waals surface area contributed by atoms with Crippen LogP contribution in [-0.4, -0.2) is 7.11 Å². The first kappa shape index (κ1) is 8.02. The molecule has 0 aromatic heterocycles. The quantitative estimate of drug-likeness (QED) is 0.558. The molecule has 9 heavy (non-hydrogen) atoms. The van der Waals surface area contributed by atoms with Gasteiger partial charge in [0, 0.05) is 0 Å². The highest BCUT2D eigenvalue weighted by Crippen LogP contribution is 2.05. The Morgan fingerprint density at radius 3 is 2.00 bits per heavy atom. The third-order valence-electron chi connectivity index (χ3n) is 0.979. The summed E-state index contributed by atoms with van der Waals surface area (Å²) in [5.74, 6) is 0.910. The maximum absolute atomic E-state index is 4.91. The minimum absolute atomic E-state index is 0. The minimum Gasteiger partial charge on any atom is -0.497 e. The zero-order valence-corrected chi connectivity index (χ0v) is 4.79. The Balaban J connectivity index is 0.000000640. The predicted molar refractivity (Wildman–Crippen MR) is 39.7 cm³/mol. The zero-order valence-electron chi connectivity index (χ0n) is 4.79. The smallest absolute Gasteiger partial charge is 0.118 e. The van der Waals surface area contributed by atoms with E-state index in [1.807, 2.05) is 30.3 Å². The summed E-state index contributed by atoms with van der Waals surface area (Å²) >= 11 is 0. The Hall–Kier alpha value is -0.980. The molecule has 0 spiro atoms. The van der Waals surface area contributed by atoms with E-state index in [0.29, 0.717) is 0 Å². The molecule has 1 aromatic rings.